The predicted octanol–water partition coefficient (Wildman–Crippen LogP) is 5.13. The van der Waals surface area contributed by atoms with E-state index in [-0.39, 0.29) is 0 Å². The Balaban J connectivity index is 1.53. The molecule has 0 amide bonds. The molecule has 1 aromatic heterocycles. The lowest BCUT2D eigenvalue weighted by Gasteiger charge is -2.08. The molecule has 3 rings (SSSR count). The molecule has 0 aliphatic carbocycles. The van der Waals surface area contributed by atoms with Crippen molar-refractivity contribution in [1.82, 2.24) is 10.3 Å². The second-order valence-electron chi connectivity index (χ2n) is 4.90. The van der Waals surface area contributed by atoms with E-state index in [9.17, 15) is 0 Å². The summed E-state index contributed by atoms with van der Waals surface area (Å²) in [5.74, 6) is 0. The average Bonchev–Trinajstić information content (AvgIpc) is 2.88. The minimum Gasteiger partial charge on any atom is -0.362 e. The molecule has 0 saturated carbocycles. The first-order valence-corrected chi connectivity index (χ1v) is 8.93. The smallest absolute Gasteiger partial charge is 0.190 e. The Hall–Kier alpha value is -1.40. The molecule has 0 fully saturated rings. The number of fused-ring (bicyclic) bond motifs is 1. The largest absolute Gasteiger partial charge is 0.362 e. The molecular formula is C16H13Cl2N3S2. The van der Waals surface area contributed by atoms with Crippen LogP contribution >= 0.6 is 46.8 Å². The first-order chi connectivity index (χ1) is 11.1. The molecule has 0 aliphatic heterocycles. The highest BCUT2D eigenvalue weighted by molar-refractivity contribution is 7.80. The molecule has 0 aliphatic rings. The van der Waals surface area contributed by atoms with Crippen molar-refractivity contribution in [3.8, 4) is 0 Å². The first kappa shape index (κ1) is 16.5. The van der Waals surface area contributed by atoms with E-state index in [0.717, 1.165) is 27.3 Å². The number of anilines is 1. The first-order valence-electron chi connectivity index (χ1n) is 6.95. The number of hydrogen-bond donors (Lipinski definition) is 2. The Labute approximate surface area is 153 Å². The van der Waals surface area contributed by atoms with Crippen LogP contribution in [0, 0.1) is 0 Å². The number of aromatic nitrogens is 1. The Morgan fingerprint density at radius 3 is 2.61 bits per heavy atom. The van der Waals surface area contributed by atoms with Crippen molar-refractivity contribution >= 4 is 67.2 Å². The quantitative estimate of drug-likeness (QED) is 0.614. The minimum absolute atomic E-state index is 0.553. The van der Waals surface area contributed by atoms with Crippen molar-refractivity contribution < 1.29 is 0 Å². The number of hydrogen-bond acceptors (Lipinski definition) is 3. The molecule has 118 valence electrons. The topological polar surface area (TPSA) is 37.0 Å². The molecule has 0 atom stereocenters. The zero-order valence-electron chi connectivity index (χ0n) is 12.0. The minimum atomic E-state index is 0.553. The van der Waals surface area contributed by atoms with Crippen LogP contribution in [-0.2, 0) is 6.42 Å². The van der Waals surface area contributed by atoms with E-state index in [2.05, 4.69) is 15.6 Å². The molecule has 23 heavy (non-hydrogen) atoms. The van der Waals surface area contributed by atoms with Crippen LogP contribution in [0.1, 0.15) is 5.56 Å². The SMILES string of the molecule is S=C(NCCc1cc(Cl)cc(Cl)c1)Nc1nc2ccccc2s1. The van der Waals surface area contributed by atoms with Gasteiger partial charge in [-0.3, -0.25) is 0 Å². The fourth-order valence-electron chi connectivity index (χ4n) is 2.14. The second-order valence-corrected chi connectivity index (χ2v) is 7.21. The van der Waals surface area contributed by atoms with Gasteiger partial charge in [0, 0.05) is 16.6 Å². The summed E-state index contributed by atoms with van der Waals surface area (Å²) in [6, 6.07) is 13.5. The molecule has 0 bridgehead atoms. The third kappa shape index (κ3) is 4.54. The van der Waals surface area contributed by atoms with Gasteiger partial charge in [0.2, 0.25) is 0 Å². The van der Waals surface area contributed by atoms with Crippen LogP contribution in [0.15, 0.2) is 42.5 Å². The molecule has 0 spiro atoms. The number of thiocarbonyl (C=S) groups is 1. The summed E-state index contributed by atoms with van der Waals surface area (Å²) in [6.45, 7) is 0.688. The molecule has 3 aromatic rings. The summed E-state index contributed by atoms with van der Waals surface area (Å²) in [7, 11) is 0. The lowest BCUT2D eigenvalue weighted by Crippen LogP contribution is -2.30. The number of benzene rings is 2. The number of rotatable bonds is 4. The van der Waals surface area contributed by atoms with Crippen molar-refractivity contribution in [3.63, 3.8) is 0 Å². The molecule has 2 aromatic carbocycles. The maximum Gasteiger partial charge on any atom is 0.190 e. The van der Waals surface area contributed by atoms with Crippen LogP contribution in [0.2, 0.25) is 10.0 Å². The molecule has 0 radical (unpaired) electrons. The maximum atomic E-state index is 5.99. The van der Waals surface area contributed by atoms with Gasteiger partial charge in [-0.1, -0.05) is 46.7 Å². The third-order valence-corrected chi connectivity index (χ3v) is 4.77. The van der Waals surface area contributed by atoms with Gasteiger partial charge in [-0.05, 0) is 54.5 Å². The standard InChI is InChI=1S/C16H13Cl2N3S2/c17-11-7-10(8-12(18)9-11)5-6-19-15(22)21-16-20-13-3-1-2-4-14(13)23-16/h1-4,7-9H,5-6H2,(H2,19,20,21,22). The molecule has 0 unspecified atom stereocenters. The molecule has 7 heteroatoms. The number of thiazole rings is 1. The highest BCUT2D eigenvalue weighted by Gasteiger charge is 2.05. The maximum absolute atomic E-state index is 5.99. The van der Waals surface area contributed by atoms with Gasteiger partial charge in [-0.2, -0.15) is 0 Å². The van der Waals surface area contributed by atoms with Gasteiger partial charge in [0.1, 0.15) is 0 Å². The highest BCUT2D eigenvalue weighted by Crippen LogP contribution is 2.25. The second kappa shape index (κ2) is 7.45. The van der Waals surface area contributed by atoms with Crippen molar-refractivity contribution in [2.75, 3.05) is 11.9 Å². The zero-order valence-corrected chi connectivity index (χ0v) is 15.1. The number of nitrogens with zero attached hydrogens (tertiary/aromatic N) is 1. The lowest BCUT2D eigenvalue weighted by molar-refractivity contribution is 0.873. The lowest BCUT2D eigenvalue weighted by atomic mass is 10.1. The van der Waals surface area contributed by atoms with Gasteiger partial charge in [-0.15, -0.1) is 0 Å². The summed E-state index contributed by atoms with van der Waals surface area (Å²) >= 11 is 18.9. The number of nitrogens with one attached hydrogen (secondary N) is 2. The monoisotopic (exact) mass is 381 g/mol. The molecule has 2 N–H and O–H groups in total. The van der Waals surface area contributed by atoms with Gasteiger partial charge < -0.3 is 10.6 Å². The molecule has 1 heterocycles. The van der Waals surface area contributed by atoms with Crippen molar-refractivity contribution in [2.24, 2.45) is 0 Å². The van der Waals surface area contributed by atoms with Gasteiger partial charge >= 0.3 is 0 Å². The van der Waals surface area contributed by atoms with Crippen molar-refractivity contribution in [3.05, 3.63) is 58.1 Å². The van der Waals surface area contributed by atoms with Gasteiger partial charge in [0.25, 0.3) is 0 Å². The Kier molecular flexibility index (Phi) is 5.33. The summed E-state index contributed by atoms with van der Waals surface area (Å²) in [4.78, 5) is 4.49. The summed E-state index contributed by atoms with van der Waals surface area (Å²) < 4.78 is 1.13. The van der Waals surface area contributed by atoms with Gasteiger partial charge in [0.15, 0.2) is 10.2 Å². The van der Waals surface area contributed by atoms with E-state index < -0.39 is 0 Å². The Bertz CT molecular complexity index is 795. The fourth-order valence-corrected chi connectivity index (χ4v) is 3.85. The Morgan fingerprint density at radius 1 is 1.13 bits per heavy atom. The third-order valence-electron chi connectivity index (χ3n) is 3.14. The predicted molar refractivity (Wildman–Crippen MR) is 104 cm³/mol. The average molecular weight is 382 g/mol. The molecular weight excluding hydrogens is 369 g/mol. The van der Waals surface area contributed by atoms with Gasteiger partial charge in [0.05, 0.1) is 10.2 Å². The van der Waals surface area contributed by atoms with E-state index >= 15 is 0 Å². The van der Waals surface area contributed by atoms with Crippen LogP contribution < -0.4 is 10.6 Å². The number of halogens is 2. The van der Waals surface area contributed by atoms with E-state index in [1.54, 1.807) is 17.4 Å². The van der Waals surface area contributed by atoms with Crippen LogP contribution in [-0.4, -0.2) is 16.6 Å². The van der Waals surface area contributed by atoms with E-state index in [0.29, 0.717) is 21.7 Å². The van der Waals surface area contributed by atoms with Crippen LogP contribution in [0.5, 0.6) is 0 Å². The normalized spacial score (nSPS) is 10.7. The Morgan fingerprint density at radius 2 is 1.87 bits per heavy atom. The van der Waals surface area contributed by atoms with E-state index in [4.69, 9.17) is 35.4 Å². The highest BCUT2D eigenvalue weighted by atomic mass is 35.5. The molecule has 3 nitrogen and oxygen atoms in total. The van der Waals surface area contributed by atoms with Gasteiger partial charge in [-0.25, -0.2) is 4.98 Å². The van der Waals surface area contributed by atoms with Crippen LogP contribution in [0.3, 0.4) is 0 Å². The summed E-state index contributed by atoms with van der Waals surface area (Å²) in [5.41, 5.74) is 2.04. The summed E-state index contributed by atoms with van der Waals surface area (Å²) in [5, 5.41) is 8.90. The fraction of sp³-hybridized carbons (Fsp3) is 0.125. The van der Waals surface area contributed by atoms with Crippen molar-refractivity contribution in [2.45, 2.75) is 6.42 Å². The van der Waals surface area contributed by atoms with Crippen LogP contribution in [0.4, 0.5) is 5.13 Å². The van der Waals surface area contributed by atoms with E-state index in [1.165, 1.54) is 0 Å². The van der Waals surface area contributed by atoms with E-state index in [1.807, 2.05) is 36.4 Å². The number of para-hydroxylation sites is 1. The molecule has 0 saturated heterocycles. The summed E-state index contributed by atoms with van der Waals surface area (Å²) in [6.07, 6.45) is 0.780. The van der Waals surface area contributed by atoms with Crippen LogP contribution in [0.25, 0.3) is 10.2 Å². The van der Waals surface area contributed by atoms with Crippen molar-refractivity contribution in [1.29, 1.82) is 0 Å². The zero-order chi connectivity index (χ0) is 16.2.